The van der Waals surface area contributed by atoms with Crippen LogP contribution in [0.5, 0.6) is 0 Å². The van der Waals surface area contributed by atoms with Crippen LogP contribution in [0.1, 0.15) is 6.92 Å². The summed E-state index contributed by atoms with van der Waals surface area (Å²) in [5.74, 6) is 219. The summed E-state index contributed by atoms with van der Waals surface area (Å²) < 4.78 is 0. The van der Waals surface area contributed by atoms with E-state index in [0.29, 0.717) is 0 Å². The Balaban J connectivity index is 4.63. The van der Waals surface area contributed by atoms with Crippen molar-refractivity contribution in [3.05, 3.63) is 0 Å². The molecule has 0 aromatic rings. The molecular formula is C90H3N. The van der Waals surface area contributed by atoms with Crippen molar-refractivity contribution in [2.45, 2.75) is 6.92 Å². The summed E-state index contributed by atoms with van der Waals surface area (Å²) in [6.45, 7) is 1.68. The molecule has 0 aromatic carbocycles. The fraction of sp³-hybridized carbons (Fsp3) is 0.0111. The van der Waals surface area contributed by atoms with Crippen LogP contribution in [0.2, 0.25) is 0 Å². The monoisotopic (exact) mass is 1100 g/mol. The summed E-state index contributed by atoms with van der Waals surface area (Å²) in [5.41, 5.74) is 0. The zero-order valence-corrected chi connectivity index (χ0v) is 45.9. The molecule has 0 saturated carbocycles. The van der Waals surface area contributed by atoms with Gasteiger partial charge in [-0.3, -0.25) is 0 Å². The fourth-order valence-corrected chi connectivity index (χ4v) is 2.75. The molecule has 368 valence electrons. The Kier molecular flexibility index (Phi) is 54.8. The van der Waals surface area contributed by atoms with Gasteiger partial charge in [0, 0.05) is 468 Å². The van der Waals surface area contributed by atoms with Crippen LogP contribution in [0.4, 0.5) is 0 Å². The van der Waals surface area contributed by atoms with Gasteiger partial charge in [-0.1, -0.05) is 5.92 Å². The van der Waals surface area contributed by atoms with Crippen molar-refractivity contribution < 1.29 is 0 Å². The van der Waals surface area contributed by atoms with Crippen molar-refractivity contribution in [2.24, 2.45) is 0 Å². The molecule has 0 aromatic heterocycles. The lowest BCUT2D eigenvalue weighted by atomic mass is 10.4. The third-order valence-electron chi connectivity index (χ3n) is 5.56. The number of nitrogens with zero attached hydrogens (tertiary/aromatic N) is 1. The van der Waals surface area contributed by atoms with Crippen LogP contribution in [0.15, 0.2) is 0 Å². The minimum absolute atomic E-state index is 1.63. The molecule has 0 bridgehead atoms. The zero-order chi connectivity index (χ0) is 64.9. The van der Waals surface area contributed by atoms with Gasteiger partial charge in [0.1, 0.15) is 0 Å². The maximum absolute atomic E-state index is 8.22. The van der Waals surface area contributed by atoms with Gasteiger partial charge in [0.05, 0.1) is 0 Å². The molecule has 0 aliphatic rings. The Bertz CT molecular complexity index is 6330. The van der Waals surface area contributed by atoms with E-state index < -0.39 is 0 Å². The second kappa shape index (κ2) is 70.1. The van der Waals surface area contributed by atoms with Crippen LogP contribution in [0.3, 0.4) is 0 Å². The van der Waals surface area contributed by atoms with Crippen LogP contribution in [-0.4, -0.2) is 0 Å². The summed E-state index contributed by atoms with van der Waals surface area (Å²) in [7, 11) is 0. The summed E-state index contributed by atoms with van der Waals surface area (Å²) in [4.78, 5) is 0. The predicted octanol–water partition coefficient (Wildman–Crippen LogP) is 0.679. The highest BCUT2D eigenvalue weighted by molar-refractivity contribution is 5.55. The van der Waals surface area contributed by atoms with E-state index in [0.717, 1.165) is 0 Å². The predicted molar refractivity (Wildman–Crippen MR) is 353 cm³/mol. The minimum Gasteiger partial charge on any atom is -0.183 e. The number of rotatable bonds is 0. The molecule has 91 heavy (non-hydrogen) atoms. The van der Waals surface area contributed by atoms with Crippen LogP contribution in [0.25, 0.3) is 0 Å². The zero-order valence-electron chi connectivity index (χ0n) is 45.9. The van der Waals surface area contributed by atoms with E-state index in [4.69, 9.17) is 5.26 Å². The summed E-state index contributed by atoms with van der Waals surface area (Å²) in [6, 6.07) is 1.63. The summed E-state index contributed by atoms with van der Waals surface area (Å²) in [5, 5.41) is 8.22. The first-order chi connectivity index (χ1) is 45.4. The minimum atomic E-state index is 1.63. The quantitative estimate of drug-likeness (QED) is 0.328. The fourth-order valence-electron chi connectivity index (χ4n) is 2.75. The van der Waals surface area contributed by atoms with Crippen molar-refractivity contribution in [3.8, 4) is 527 Å². The molecule has 0 rings (SSSR count). The number of hydrogen-bond donors (Lipinski definition) is 0. The van der Waals surface area contributed by atoms with Crippen LogP contribution in [0, 0.1) is 532 Å². The largest absolute Gasteiger partial charge is 0.183 e. The topological polar surface area (TPSA) is 23.8 Å². The average molecular weight is 1100 g/mol. The first kappa shape index (κ1) is 71.1. The molecule has 0 unspecified atom stereocenters. The molecule has 0 heterocycles. The van der Waals surface area contributed by atoms with Gasteiger partial charge in [0.2, 0.25) is 0 Å². The van der Waals surface area contributed by atoms with Crippen molar-refractivity contribution in [2.75, 3.05) is 0 Å². The normalized spacial score (nSPS) is 3.96. The van der Waals surface area contributed by atoms with Gasteiger partial charge in [-0.2, -0.15) is 5.26 Å². The second-order valence-corrected chi connectivity index (χ2v) is 11.2. The number of nitriles is 1. The molecule has 1 nitrogen and oxygen atoms in total. The lowest BCUT2D eigenvalue weighted by molar-refractivity contribution is 1.55. The molecule has 0 atom stereocenters. The van der Waals surface area contributed by atoms with Crippen LogP contribution in [-0.2, 0) is 0 Å². The Labute approximate surface area is 536 Å². The summed E-state index contributed by atoms with van der Waals surface area (Å²) >= 11 is 0. The average Bonchev–Trinajstić information content (AvgIpc) is 3.56. The first-order valence-corrected chi connectivity index (χ1v) is 22.7. The van der Waals surface area contributed by atoms with Gasteiger partial charge in [-0.25, -0.2) is 0 Å². The molecule has 0 N–H and O–H groups in total. The van der Waals surface area contributed by atoms with Crippen molar-refractivity contribution in [1.82, 2.24) is 0 Å². The van der Waals surface area contributed by atoms with E-state index >= 15 is 0 Å². The Morgan fingerprint density at radius 3 is 0.198 bits per heavy atom. The smallest absolute Gasteiger partial charge is 0.153 e. The van der Waals surface area contributed by atoms with Crippen molar-refractivity contribution in [3.63, 3.8) is 0 Å². The lowest BCUT2D eigenvalue weighted by Crippen LogP contribution is -1.57. The van der Waals surface area contributed by atoms with Gasteiger partial charge < -0.3 is 0 Å². The van der Waals surface area contributed by atoms with Gasteiger partial charge in [0.25, 0.3) is 0 Å². The Morgan fingerprint density at radius 1 is 0.0879 bits per heavy atom. The van der Waals surface area contributed by atoms with E-state index in [2.05, 4.69) is 521 Å². The molecule has 0 aliphatic carbocycles. The first-order valence-electron chi connectivity index (χ1n) is 22.7. The highest BCUT2D eigenvalue weighted by Gasteiger charge is 1.66. The SMILES string of the molecule is CC#CC#CC#CC#CC#CC#CC#CC#CC#CC#CC#CC#CC#CC#CC#CC#CC#CC#CC#CC#CC#CC#CC#CC#CC#CC#CC#CC#CC#CC#CC#CC#CC#CC#CC#CC#CC#CC#CC#CC#CC#CC#CC#CC#CC#N. The van der Waals surface area contributed by atoms with Gasteiger partial charge in [-0.05, 0) is 54.3 Å². The lowest BCUT2D eigenvalue weighted by Gasteiger charge is -1.58. The van der Waals surface area contributed by atoms with Crippen molar-refractivity contribution in [1.29, 1.82) is 5.26 Å². The van der Waals surface area contributed by atoms with E-state index in [1.807, 2.05) is 0 Å². The van der Waals surface area contributed by atoms with E-state index in [-0.39, 0.29) is 0 Å². The molecule has 0 aliphatic heterocycles. The maximum atomic E-state index is 8.22. The highest BCUT2D eigenvalue weighted by Crippen LogP contribution is 1.66. The third-order valence-corrected chi connectivity index (χ3v) is 5.56. The van der Waals surface area contributed by atoms with Crippen LogP contribution < -0.4 is 0 Å². The van der Waals surface area contributed by atoms with E-state index in [1.165, 1.54) is 0 Å². The third kappa shape index (κ3) is 70.1. The van der Waals surface area contributed by atoms with Gasteiger partial charge in [0.15, 0.2) is 6.07 Å². The maximum Gasteiger partial charge on any atom is 0.153 e. The van der Waals surface area contributed by atoms with Crippen LogP contribution >= 0.6 is 0 Å². The Morgan fingerprint density at radius 2 is 0.143 bits per heavy atom. The molecule has 0 radical (unpaired) electrons. The van der Waals surface area contributed by atoms with Gasteiger partial charge >= 0.3 is 0 Å². The summed E-state index contributed by atoms with van der Waals surface area (Å²) in [6.07, 6.45) is 0. The number of hydrogen-bond acceptors (Lipinski definition) is 1. The van der Waals surface area contributed by atoms with Crippen molar-refractivity contribution >= 4 is 0 Å². The second-order valence-electron chi connectivity index (χ2n) is 11.2. The highest BCUT2D eigenvalue weighted by atomic mass is 14.2. The standard InChI is InChI=1S/C90H3N/c1-2-3-4-5-6-7-8-9-10-11-12-13-14-15-16-17-18-19-20-21-22-23-24-25-26-27-28-29-30-31-32-33-34-35-36-37-38-39-40-41-42-43-44-45-46-47-48-49-50-51-52-53-54-55-56-57-58-59-60-61-62-63-64-65-66-67-68-69-70-71-72-73-74-75-76-77-78-79-80-81-82-83-84-85-86-87-88-89-90-91/h1H3. The molecule has 0 fully saturated rings. The van der Waals surface area contributed by atoms with E-state index in [9.17, 15) is 0 Å². The molecule has 0 spiro atoms. The van der Waals surface area contributed by atoms with Gasteiger partial charge in [-0.15, -0.1) is 0 Å². The Hall–Kier alpha value is -19.9. The molecule has 1 heteroatoms. The molecule has 0 amide bonds. The van der Waals surface area contributed by atoms with E-state index in [1.54, 1.807) is 13.0 Å². The molecule has 0 saturated heterocycles. The molecular weight excluding hydrogens is 1090 g/mol.